The molecule has 2 nitrogen and oxygen atoms in total. The fraction of sp³-hybridized carbons (Fsp3) is 0. The minimum Gasteiger partial charge on any atom is -0.435 e. The quantitative estimate of drug-likeness (QED) is 0.809. The molecule has 0 radical (unpaired) electrons. The van der Waals surface area contributed by atoms with E-state index < -0.39 is 11.6 Å². The molecule has 1 heterocycles. The van der Waals surface area contributed by atoms with Gasteiger partial charge in [0.2, 0.25) is 0 Å². The normalized spacial score (nSPS) is 10.4. The van der Waals surface area contributed by atoms with Crippen LogP contribution in [0.1, 0.15) is 0 Å². The Morgan fingerprint density at radius 1 is 1.24 bits per heavy atom. The number of ether oxygens (including phenoxy) is 1. The molecule has 1 aromatic carbocycles. The van der Waals surface area contributed by atoms with E-state index in [-0.39, 0.29) is 16.7 Å². The monoisotopic (exact) mass is 319 g/mol. The van der Waals surface area contributed by atoms with Crippen LogP contribution in [0, 0.1) is 11.6 Å². The molecule has 0 atom stereocenters. The van der Waals surface area contributed by atoms with Gasteiger partial charge in [0.25, 0.3) is 5.88 Å². The van der Waals surface area contributed by atoms with Gasteiger partial charge in [0.05, 0.1) is 5.02 Å². The molecular weight excluding hydrogens is 315 g/mol. The average molecular weight is 321 g/mol. The van der Waals surface area contributed by atoms with Gasteiger partial charge in [0.1, 0.15) is 11.6 Å². The summed E-state index contributed by atoms with van der Waals surface area (Å²) < 4.78 is 31.8. The van der Waals surface area contributed by atoms with E-state index in [2.05, 4.69) is 20.9 Å². The van der Waals surface area contributed by atoms with Crippen LogP contribution in [0.4, 0.5) is 8.78 Å². The second kappa shape index (κ2) is 4.98. The van der Waals surface area contributed by atoms with Crippen molar-refractivity contribution in [2.75, 3.05) is 0 Å². The van der Waals surface area contributed by atoms with E-state index in [1.54, 1.807) is 0 Å². The van der Waals surface area contributed by atoms with Crippen molar-refractivity contribution in [1.29, 1.82) is 0 Å². The molecule has 0 N–H and O–H groups in total. The Morgan fingerprint density at radius 2 is 2.00 bits per heavy atom. The molecule has 1 aromatic heterocycles. The smallest absolute Gasteiger partial charge is 0.255 e. The molecule has 0 unspecified atom stereocenters. The van der Waals surface area contributed by atoms with Crippen molar-refractivity contribution in [1.82, 2.24) is 4.98 Å². The summed E-state index contributed by atoms with van der Waals surface area (Å²) in [6.07, 6.45) is 1.38. The highest BCUT2D eigenvalue weighted by atomic mass is 79.9. The van der Waals surface area contributed by atoms with Crippen LogP contribution in [0.2, 0.25) is 5.02 Å². The molecule has 0 aliphatic heterocycles. The first kappa shape index (κ1) is 12.3. The minimum absolute atomic E-state index is 0.0501. The Bertz CT molecular complexity index is 516. The van der Waals surface area contributed by atoms with E-state index in [4.69, 9.17) is 16.3 Å². The summed E-state index contributed by atoms with van der Waals surface area (Å²) in [5.74, 6) is -1.21. The lowest BCUT2D eigenvalue weighted by Gasteiger charge is -2.07. The molecular formula is C11H5BrClF2NO. The second-order valence-corrected chi connectivity index (χ2v) is 4.44. The SMILES string of the molecule is Fc1ccc(Oc2ncc(Br)cc2F)c(Cl)c1. The molecule has 0 spiro atoms. The van der Waals surface area contributed by atoms with E-state index in [1.807, 2.05) is 0 Å². The molecule has 0 saturated carbocycles. The molecule has 6 heteroatoms. The number of hydrogen-bond acceptors (Lipinski definition) is 2. The highest BCUT2D eigenvalue weighted by molar-refractivity contribution is 9.10. The van der Waals surface area contributed by atoms with Gasteiger partial charge in [0, 0.05) is 10.7 Å². The predicted molar refractivity (Wildman–Crippen MR) is 63.4 cm³/mol. The molecule has 2 rings (SSSR count). The number of halogens is 4. The number of hydrogen-bond donors (Lipinski definition) is 0. The summed E-state index contributed by atoms with van der Waals surface area (Å²) in [5.41, 5.74) is 0. The van der Waals surface area contributed by atoms with Crippen LogP contribution >= 0.6 is 27.5 Å². The summed E-state index contributed by atoms with van der Waals surface area (Å²) >= 11 is 8.81. The van der Waals surface area contributed by atoms with E-state index in [0.29, 0.717) is 4.47 Å². The molecule has 0 fully saturated rings. The van der Waals surface area contributed by atoms with Gasteiger partial charge >= 0.3 is 0 Å². The average Bonchev–Trinajstić information content (AvgIpc) is 2.25. The zero-order valence-electron chi connectivity index (χ0n) is 8.25. The van der Waals surface area contributed by atoms with Crippen molar-refractivity contribution in [3.63, 3.8) is 0 Å². The highest BCUT2D eigenvalue weighted by Crippen LogP contribution is 2.30. The number of aromatic nitrogens is 1. The first-order valence-electron chi connectivity index (χ1n) is 4.50. The lowest BCUT2D eigenvalue weighted by atomic mass is 10.3. The van der Waals surface area contributed by atoms with E-state index in [1.165, 1.54) is 18.3 Å². The van der Waals surface area contributed by atoms with Crippen molar-refractivity contribution in [2.45, 2.75) is 0 Å². The number of pyridine rings is 1. The van der Waals surface area contributed by atoms with Gasteiger partial charge in [0.15, 0.2) is 5.82 Å². The van der Waals surface area contributed by atoms with E-state index in [0.717, 1.165) is 12.1 Å². The molecule has 0 saturated heterocycles. The van der Waals surface area contributed by atoms with Crippen molar-refractivity contribution in [2.24, 2.45) is 0 Å². The fourth-order valence-corrected chi connectivity index (χ4v) is 1.65. The molecule has 88 valence electrons. The maximum atomic E-state index is 13.4. The van der Waals surface area contributed by atoms with Gasteiger partial charge in [-0.1, -0.05) is 11.6 Å². The Labute approximate surface area is 109 Å². The van der Waals surface area contributed by atoms with Crippen LogP contribution in [0.15, 0.2) is 34.9 Å². The van der Waals surface area contributed by atoms with E-state index >= 15 is 0 Å². The summed E-state index contributed by atoms with van der Waals surface area (Å²) in [7, 11) is 0. The van der Waals surface area contributed by atoms with Gasteiger partial charge in [-0.05, 0) is 40.2 Å². The Balaban J connectivity index is 2.31. The predicted octanol–water partition coefficient (Wildman–Crippen LogP) is 4.57. The zero-order valence-corrected chi connectivity index (χ0v) is 10.6. The Kier molecular flexibility index (Phi) is 3.59. The van der Waals surface area contributed by atoms with Crippen LogP contribution < -0.4 is 4.74 Å². The summed E-state index contributed by atoms with van der Waals surface area (Å²) in [6, 6.07) is 4.76. The topological polar surface area (TPSA) is 22.1 Å². The lowest BCUT2D eigenvalue weighted by molar-refractivity contribution is 0.421. The third kappa shape index (κ3) is 2.92. The summed E-state index contributed by atoms with van der Waals surface area (Å²) in [5, 5.41) is 0.0501. The van der Waals surface area contributed by atoms with Gasteiger partial charge in [-0.15, -0.1) is 0 Å². The largest absolute Gasteiger partial charge is 0.435 e. The van der Waals surface area contributed by atoms with Crippen molar-refractivity contribution >= 4 is 27.5 Å². The van der Waals surface area contributed by atoms with Crippen LogP contribution in [-0.2, 0) is 0 Å². The van der Waals surface area contributed by atoms with Crippen molar-refractivity contribution < 1.29 is 13.5 Å². The molecule has 0 aliphatic rings. The van der Waals surface area contributed by atoms with Crippen molar-refractivity contribution in [3.8, 4) is 11.6 Å². The number of rotatable bonds is 2. The van der Waals surface area contributed by atoms with Gasteiger partial charge in [-0.25, -0.2) is 13.8 Å². The molecule has 0 bridgehead atoms. The first-order chi connectivity index (χ1) is 8.06. The van der Waals surface area contributed by atoms with Crippen LogP contribution in [-0.4, -0.2) is 4.98 Å². The maximum absolute atomic E-state index is 13.4. The van der Waals surface area contributed by atoms with Crippen LogP contribution in [0.5, 0.6) is 11.6 Å². The number of benzene rings is 1. The van der Waals surface area contributed by atoms with E-state index in [9.17, 15) is 8.78 Å². The van der Waals surface area contributed by atoms with Gasteiger partial charge < -0.3 is 4.74 Å². The third-order valence-corrected chi connectivity index (χ3v) is 2.60. The third-order valence-electron chi connectivity index (χ3n) is 1.87. The van der Waals surface area contributed by atoms with Crippen molar-refractivity contribution in [3.05, 3.63) is 51.6 Å². The number of nitrogens with zero attached hydrogens (tertiary/aromatic N) is 1. The molecule has 0 amide bonds. The molecule has 17 heavy (non-hydrogen) atoms. The molecule has 0 aliphatic carbocycles. The zero-order chi connectivity index (χ0) is 12.4. The lowest BCUT2D eigenvalue weighted by Crippen LogP contribution is -1.92. The maximum Gasteiger partial charge on any atom is 0.255 e. The van der Waals surface area contributed by atoms with Crippen LogP contribution in [0.25, 0.3) is 0 Å². The molecule has 2 aromatic rings. The Hall–Kier alpha value is -1.20. The fourth-order valence-electron chi connectivity index (χ4n) is 1.14. The highest BCUT2D eigenvalue weighted by Gasteiger charge is 2.10. The minimum atomic E-state index is -0.639. The second-order valence-electron chi connectivity index (χ2n) is 3.12. The van der Waals surface area contributed by atoms with Gasteiger partial charge in [-0.3, -0.25) is 0 Å². The van der Waals surface area contributed by atoms with Crippen LogP contribution in [0.3, 0.4) is 0 Å². The first-order valence-corrected chi connectivity index (χ1v) is 5.67. The van der Waals surface area contributed by atoms with Gasteiger partial charge in [-0.2, -0.15) is 0 Å². The standard InChI is InChI=1S/C11H5BrClF2NO/c12-6-3-9(15)11(16-5-6)17-10-2-1-7(14)4-8(10)13/h1-5H. The Morgan fingerprint density at radius 3 is 2.65 bits per heavy atom. The summed E-state index contributed by atoms with van der Waals surface area (Å²) in [4.78, 5) is 3.74. The summed E-state index contributed by atoms with van der Waals surface area (Å²) in [6.45, 7) is 0.